The van der Waals surface area contributed by atoms with Gasteiger partial charge in [0.05, 0.1) is 17.3 Å². The molecule has 4 nitrogen and oxygen atoms in total. The minimum absolute atomic E-state index is 0.0286. The number of hydrogen-bond acceptors (Lipinski definition) is 2. The second kappa shape index (κ2) is 6.30. The van der Waals surface area contributed by atoms with E-state index < -0.39 is 11.8 Å². The van der Waals surface area contributed by atoms with Gasteiger partial charge in [-0.25, -0.2) is 9.18 Å². The van der Waals surface area contributed by atoms with E-state index >= 15 is 0 Å². The molecule has 1 rings (SSSR count). The molecule has 0 bridgehead atoms. The molecule has 2 N–H and O–H groups in total. The van der Waals surface area contributed by atoms with Gasteiger partial charge in [-0.1, -0.05) is 17.7 Å². The van der Waals surface area contributed by atoms with Crippen LogP contribution in [0, 0.1) is 5.82 Å². The van der Waals surface area contributed by atoms with Crippen LogP contribution in [0.2, 0.25) is 5.02 Å². The lowest BCUT2D eigenvalue weighted by Gasteiger charge is -2.09. The number of rotatable bonds is 4. The predicted molar refractivity (Wildman–Crippen MR) is 60.3 cm³/mol. The highest BCUT2D eigenvalue weighted by molar-refractivity contribution is 6.33. The molecule has 0 aliphatic rings. The monoisotopic (exact) mass is 246 g/mol. The molecule has 0 radical (unpaired) electrons. The van der Waals surface area contributed by atoms with Gasteiger partial charge >= 0.3 is 6.03 Å². The van der Waals surface area contributed by atoms with E-state index in [0.717, 1.165) is 0 Å². The topological polar surface area (TPSA) is 50.4 Å². The summed E-state index contributed by atoms with van der Waals surface area (Å²) in [6, 6.07) is 3.65. The highest BCUT2D eigenvalue weighted by Crippen LogP contribution is 2.24. The maximum Gasteiger partial charge on any atom is 0.319 e. The van der Waals surface area contributed by atoms with Crippen molar-refractivity contribution in [1.29, 1.82) is 0 Å². The van der Waals surface area contributed by atoms with Gasteiger partial charge in [-0.15, -0.1) is 0 Å². The number of methoxy groups -OCH3 is 1. The van der Waals surface area contributed by atoms with Crippen LogP contribution in [0.1, 0.15) is 0 Å². The fourth-order valence-electron chi connectivity index (χ4n) is 1.04. The van der Waals surface area contributed by atoms with Gasteiger partial charge in [0.25, 0.3) is 0 Å². The first-order chi connectivity index (χ1) is 7.65. The van der Waals surface area contributed by atoms with E-state index in [-0.39, 0.29) is 10.7 Å². The lowest BCUT2D eigenvalue weighted by molar-refractivity contribution is 0.198. The van der Waals surface area contributed by atoms with Crippen molar-refractivity contribution in [1.82, 2.24) is 5.32 Å². The summed E-state index contributed by atoms with van der Waals surface area (Å²) in [4.78, 5) is 11.3. The summed E-state index contributed by atoms with van der Waals surface area (Å²) in [6.07, 6.45) is 0. The van der Waals surface area contributed by atoms with Gasteiger partial charge < -0.3 is 15.4 Å². The van der Waals surface area contributed by atoms with Crippen molar-refractivity contribution in [3.63, 3.8) is 0 Å². The number of carbonyl (C=O) groups is 1. The van der Waals surface area contributed by atoms with Crippen molar-refractivity contribution in [3.05, 3.63) is 29.0 Å². The Balaban J connectivity index is 2.56. The van der Waals surface area contributed by atoms with Gasteiger partial charge in [-0.05, 0) is 12.1 Å². The highest BCUT2D eigenvalue weighted by Gasteiger charge is 2.09. The Morgan fingerprint density at radius 1 is 1.56 bits per heavy atom. The third-order valence-corrected chi connectivity index (χ3v) is 2.11. The molecule has 0 aromatic heterocycles. The fourth-order valence-corrected chi connectivity index (χ4v) is 1.25. The van der Waals surface area contributed by atoms with Crippen LogP contribution >= 0.6 is 11.6 Å². The Kier molecular flexibility index (Phi) is 5.01. The normalized spacial score (nSPS) is 9.94. The number of hydrogen-bond donors (Lipinski definition) is 2. The third kappa shape index (κ3) is 3.67. The average Bonchev–Trinajstić information content (AvgIpc) is 2.24. The number of amides is 2. The summed E-state index contributed by atoms with van der Waals surface area (Å²) in [5.74, 6) is -0.575. The second-order valence-corrected chi connectivity index (χ2v) is 3.38. The van der Waals surface area contributed by atoms with Crippen LogP contribution in [0.25, 0.3) is 0 Å². The first-order valence-electron chi connectivity index (χ1n) is 4.63. The smallest absolute Gasteiger partial charge is 0.319 e. The molecule has 2 amide bonds. The van der Waals surface area contributed by atoms with Crippen molar-refractivity contribution in [2.45, 2.75) is 0 Å². The molecule has 0 aliphatic heterocycles. The average molecular weight is 247 g/mol. The Labute approximate surface area is 97.7 Å². The number of halogens is 2. The zero-order valence-electron chi connectivity index (χ0n) is 8.72. The number of anilines is 1. The Hall–Kier alpha value is -1.33. The molecule has 0 aliphatic carbocycles. The summed E-state index contributed by atoms with van der Waals surface area (Å²) >= 11 is 5.73. The largest absolute Gasteiger partial charge is 0.383 e. The van der Waals surface area contributed by atoms with Gasteiger partial charge in [-0.3, -0.25) is 0 Å². The summed E-state index contributed by atoms with van der Waals surface area (Å²) in [5.41, 5.74) is -0.0286. The van der Waals surface area contributed by atoms with Gasteiger partial charge in [0, 0.05) is 13.7 Å². The molecule has 88 valence electrons. The van der Waals surface area contributed by atoms with Gasteiger partial charge in [0.2, 0.25) is 0 Å². The number of nitrogens with one attached hydrogen (secondary N) is 2. The molecule has 0 spiro atoms. The van der Waals surface area contributed by atoms with Crippen LogP contribution in [0.3, 0.4) is 0 Å². The zero-order chi connectivity index (χ0) is 12.0. The Bertz CT molecular complexity index is 354. The van der Waals surface area contributed by atoms with Gasteiger partial charge in [0.15, 0.2) is 0 Å². The molecule has 0 saturated carbocycles. The molecule has 0 heterocycles. The van der Waals surface area contributed by atoms with Crippen molar-refractivity contribution >= 4 is 23.3 Å². The van der Waals surface area contributed by atoms with Crippen LogP contribution < -0.4 is 10.6 Å². The van der Waals surface area contributed by atoms with E-state index in [2.05, 4.69) is 10.6 Å². The molecular formula is C10H12ClFN2O2. The lowest BCUT2D eigenvalue weighted by atomic mass is 10.3. The van der Waals surface area contributed by atoms with Gasteiger partial charge in [-0.2, -0.15) is 0 Å². The first-order valence-corrected chi connectivity index (χ1v) is 5.00. The van der Waals surface area contributed by atoms with E-state index in [1.165, 1.54) is 25.3 Å². The highest BCUT2D eigenvalue weighted by atomic mass is 35.5. The molecule has 0 fully saturated rings. The minimum Gasteiger partial charge on any atom is -0.383 e. The molecule has 0 atom stereocenters. The summed E-state index contributed by atoms with van der Waals surface area (Å²) < 4.78 is 18.0. The third-order valence-electron chi connectivity index (χ3n) is 1.79. The van der Waals surface area contributed by atoms with Crippen LogP contribution in [-0.4, -0.2) is 26.3 Å². The van der Waals surface area contributed by atoms with E-state index in [9.17, 15) is 9.18 Å². The molecular weight excluding hydrogens is 235 g/mol. The number of ether oxygens (including phenoxy) is 1. The van der Waals surface area contributed by atoms with E-state index in [1.54, 1.807) is 0 Å². The lowest BCUT2D eigenvalue weighted by Crippen LogP contribution is -2.31. The standard InChI is InChI=1S/C10H12ClFN2O2/c1-16-6-5-13-10(15)14-9-7(11)3-2-4-8(9)12/h2-4H,5-6H2,1H3,(H2,13,14,15). The molecule has 6 heteroatoms. The zero-order valence-corrected chi connectivity index (χ0v) is 9.47. The summed E-state index contributed by atoms with van der Waals surface area (Å²) in [5, 5.41) is 4.97. The van der Waals surface area contributed by atoms with Crippen molar-refractivity contribution in [3.8, 4) is 0 Å². The quantitative estimate of drug-likeness (QED) is 0.801. The molecule has 0 unspecified atom stereocenters. The van der Waals surface area contributed by atoms with Crippen LogP contribution in [0.15, 0.2) is 18.2 Å². The van der Waals surface area contributed by atoms with Crippen LogP contribution in [-0.2, 0) is 4.74 Å². The SMILES string of the molecule is COCCNC(=O)Nc1c(F)cccc1Cl. The van der Waals surface area contributed by atoms with E-state index in [1.807, 2.05) is 0 Å². The molecule has 16 heavy (non-hydrogen) atoms. The maximum absolute atomic E-state index is 13.2. The van der Waals surface area contributed by atoms with E-state index in [0.29, 0.717) is 13.2 Å². The maximum atomic E-state index is 13.2. The van der Waals surface area contributed by atoms with Gasteiger partial charge in [0.1, 0.15) is 5.82 Å². The predicted octanol–water partition coefficient (Wildman–Crippen LogP) is 2.25. The van der Waals surface area contributed by atoms with E-state index in [4.69, 9.17) is 16.3 Å². The summed E-state index contributed by atoms with van der Waals surface area (Å²) in [6.45, 7) is 0.729. The molecule has 0 saturated heterocycles. The molecule has 1 aromatic carbocycles. The second-order valence-electron chi connectivity index (χ2n) is 2.97. The first kappa shape index (κ1) is 12.7. The number of urea groups is 1. The number of para-hydroxylation sites is 1. The Morgan fingerprint density at radius 2 is 2.31 bits per heavy atom. The van der Waals surface area contributed by atoms with Crippen LogP contribution in [0.4, 0.5) is 14.9 Å². The summed E-state index contributed by atoms with van der Waals surface area (Å²) in [7, 11) is 1.52. The fraction of sp³-hybridized carbons (Fsp3) is 0.300. The number of benzene rings is 1. The van der Waals surface area contributed by atoms with Crippen molar-refractivity contribution in [2.24, 2.45) is 0 Å². The minimum atomic E-state index is -0.575. The van der Waals surface area contributed by atoms with Crippen molar-refractivity contribution in [2.75, 3.05) is 25.6 Å². The number of carbonyl (C=O) groups excluding carboxylic acids is 1. The van der Waals surface area contributed by atoms with Crippen molar-refractivity contribution < 1.29 is 13.9 Å². The Morgan fingerprint density at radius 3 is 2.94 bits per heavy atom. The molecule has 1 aromatic rings. The van der Waals surface area contributed by atoms with Crippen LogP contribution in [0.5, 0.6) is 0 Å².